The normalized spacial score (nSPS) is 12.5. The zero-order chi connectivity index (χ0) is 14.8. The highest BCUT2D eigenvalue weighted by molar-refractivity contribution is 5.85. The molecule has 1 heterocycles. The highest BCUT2D eigenvalue weighted by Gasteiger charge is 2.05. The third kappa shape index (κ3) is 2.78. The molecule has 0 bridgehead atoms. The summed E-state index contributed by atoms with van der Waals surface area (Å²) in [5.74, 6) is 0.875. The molecule has 1 aromatic heterocycles. The van der Waals surface area contributed by atoms with Crippen LogP contribution in [-0.4, -0.2) is 17.7 Å². The van der Waals surface area contributed by atoms with Crippen LogP contribution in [0.3, 0.4) is 0 Å². The van der Waals surface area contributed by atoms with Crippen molar-refractivity contribution in [1.29, 1.82) is 0 Å². The van der Waals surface area contributed by atoms with E-state index in [4.69, 9.17) is 10.5 Å². The maximum absolute atomic E-state index is 5.92. The van der Waals surface area contributed by atoms with Crippen molar-refractivity contribution in [3.8, 4) is 16.9 Å². The number of fused-ring (bicyclic) bond motifs is 1. The Morgan fingerprint density at radius 2 is 1.76 bits per heavy atom. The van der Waals surface area contributed by atoms with Crippen molar-refractivity contribution in [2.45, 2.75) is 19.5 Å². The number of methoxy groups -OCH3 is 1. The molecule has 0 spiro atoms. The summed E-state index contributed by atoms with van der Waals surface area (Å²) in [6, 6.07) is 17.0. The first-order valence-corrected chi connectivity index (χ1v) is 7.16. The molecule has 108 valence electrons. The van der Waals surface area contributed by atoms with Gasteiger partial charge in [-0.2, -0.15) is 0 Å². The molecule has 3 aromatic rings. The molecule has 0 saturated heterocycles. The van der Waals surface area contributed by atoms with E-state index < -0.39 is 0 Å². The molecule has 0 radical (unpaired) electrons. The predicted molar refractivity (Wildman–Crippen MR) is 87.6 cm³/mol. The molecule has 2 N–H and O–H groups in total. The topological polar surface area (TPSA) is 40.2 Å². The highest BCUT2D eigenvalue weighted by Crippen LogP contribution is 2.26. The molecular weight excluding hydrogens is 260 g/mol. The molecule has 0 saturated carbocycles. The van der Waals surface area contributed by atoms with Crippen molar-refractivity contribution in [2.75, 3.05) is 7.11 Å². The molecule has 0 aliphatic carbocycles. The number of ether oxygens (including phenoxy) is 1. The molecule has 3 nitrogen and oxygen atoms in total. The lowest BCUT2D eigenvalue weighted by atomic mass is 10.0. The predicted octanol–water partition coefficient (Wildman–Crippen LogP) is 3.66. The lowest BCUT2D eigenvalue weighted by Crippen LogP contribution is -2.21. The van der Waals surface area contributed by atoms with Gasteiger partial charge in [0.05, 0.1) is 7.11 Å². The van der Waals surface area contributed by atoms with Crippen LogP contribution in [0.4, 0.5) is 0 Å². The van der Waals surface area contributed by atoms with Gasteiger partial charge >= 0.3 is 0 Å². The average molecular weight is 280 g/mol. The van der Waals surface area contributed by atoms with Crippen LogP contribution in [-0.2, 0) is 6.54 Å². The molecule has 3 heteroatoms. The van der Waals surface area contributed by atoms with E-state index in [0.29, 0.717) is 0 Å². The third-order valence-corrected chi connectivity index (χ3v) is 3.68. The van der Waals surface area contributed by atoms with E-state index in [0.717, 1.165) is 12.3 Å². The minimum absolute atomic E-state index is 0.144. The minimum atomic E-state index is 0.144. The maximum Gasteiger partial charge on any atom is 0.118 e. The van der Waals surface area contributed by atoms with Crippen LogP contribution in [0.2, 0.25) is 0 Å². The summed E-state index contributed by atoms with van der Waals surface area (Å²) in [7, 11) is 1.68. The molecule has 0 aliphatic heterocycles. The average Bonchev–Trinajstić information content (AvgIpc) is 2.89. The largest absolute Gasteiger partial charge is 0.497 e. The molecule has 2 aromatic carbocycles. The van der Waals surface area contributed by atoms with E-state index in [1.165, 1.54) is 22.0 Å². The van der Waals surface area contributed by atoms with Crippen molar-refractivity contribution >= 4 is 10.9 Å². The van der Waals surface area contributed by atoms with Crippen LogP contribution in [0.5, 0.6) is 5.75 Å². The van der Waals surface area contributed by atoms with Crippen LogP contribution in [0.1, 0.15) is 6.92 Å². The molecule has 21 heavy (non-hydrogen) atoms. The second kappa shape index (κ2) is 5.62. The number of aromatic nitrogens is 1. The van der Waals surface area contributed by atoms with Crippen molar-refractivity contribution < 1.29 is 4.74 Å². The zero-order valence-corrected chi connectivity index (χ0v) is 12.4. The van der Waals surface area contributed by atoms with Gasteiger partial charge in [-0.25, -0.2) is 0 Å². The number of hydrogen-bond donors (Lipinski definition) is 1. The number of nitrogens with zero attached hydrogens (tertiary/aromatic N) is 1. The SMILES string of the molecule is COc1ccc(-c2ccc3ccn(C[C@H](C)N)c3c2)cc1. The molecule has 0 unspecified atom stereocenters. The summed E-state index contributed by atoms with van der Waals surface area (Å²) in [6.45, 7) is 2.86. The van der Waals surface area contributed by atoms with Crippen LogP contribution in [0.15, 0.2) is 54.7 Å². The van der Waals surface area contributed by atoms with Gasteiger partial charge in [-0.05, 0) is 47.7 Å². The highest BCUT2D eigenvalue weighted by atomic mass is 16.5. The number of nitrogens with two attached hydrogens (primary N) is 1. The summed E-state index contributed by atoms with van der Waals surface area (Å²) < 4.78 is 7.42. The Hall–Kier alpha value is -2.26. The Balaban J connectivity index is 2.02. The van der Waals surface area contributed by atoms with Gasteiger partial charge in [0, 0.05) is 24.3 Å². The van der Waals surface area contributed by atoms with Crippen LogP contribution < -0.4 is 10.5 Å². The summed E-state index contributed by atoms with van der Waals surface area (Å²) in [4.78, 5) is 0. The second-order valence-electron chi connectivity index (χ2n) is 5.45. The zero-order valence-electron chi connectivity index (χ0n) is 12.4. The smallest absolute Gasteiger partial charge is 0.118 e. The van der Waals surface area contributed by atoms with Gasteiger partial charge in [-0.15, -0.1) is 0 Å². The van der Waals surface area contributed by atoms with Crippen molar-refractivity contribution in [2.24, 2.45) is 5.73 Å². The minimum Gasteiger partial charge on any atom is -0.497 e. The first kappa shape index (κ1) is 13.7. The van der Waals surface area contributed by atoms with E-state index in [1.807, 2.05) is 19.1 Å². The van der Waals surface area contributed by atoms with Gasteiger partial charge in [0.1, 0.15) is 5.75 Å². The Labute approximate surface area is 125 Å². The first-order chi connectivity index (χ1) is 10.2. The molecule has 0 aliphatic rings. The molecule has 1 atom stereocenters. The lowest BCUT2D eigenvalue weighted by Gasteiger charge is -2.10. The summed E-state index contributed by atoms with van der Waals surface area (Å²) in [5.41, 5.74) is 9.53. The number of benzene rings is 2. The van der Waals surface area contributed by atoms with Crippen LogP contribution >= 0.6 is 0 Å². The standard InChI is InChI=1S/C18H20N2O/c1-13(19)12-20-10-9-15-3-4-16(11-18(15)20)14-5-7-17(21-2)8-6-14/h3-11,13H,12,19H2,1-2H3/t13-/m0/s1. The molecule has 0 amide bonds. The van der Waals surface area contributed by atoms with E-state index in [2.05, 4.69) is 47.2 Å². The van der Waals surface area contributed by atoms with Crippen molar-refractivity contribution in [3.05, 3.63) is 54.7 Å². The number of hydrogen-bond acceptors (Lipinski definition) is 2. The Morgan fingerprint density at radius 3 is 2.43 bits per heavy atom. The van der Waals surface area contributed by atoms with Crippen LogP contribution in [0.25, 0.3) is 22.0 Å². The third-order valence-electron chi connectivity index (χ3n) is 3.68. The van der Waals surface area contributed by atoms with E-state index in [1.54, 1.807) is 7.11 Å². The van der Waals surface area contributed by atoms with E-state index >= 15 is 0 Å². The van der Waals surface area contributed by atoms with E-state index in [9.17, 15) is 0 Å². The summed E-state index contributed by atoms with van der Waals surface area (Å²) >= 11 is 0. The molecule has 0 fully saturated rings. The fourth-order valence-corrected chi connectivity index (χ4v) is 2.62. The Bertz CT molecular complexity index is 742. The van der Waals surface area contributed by atoms with Gasteiger partial charge in [-0.1, -0.05) is 24.3 Å². The quantitative estimate of drug-likeness (QED) is 0.792. The Morgan fingerprint density at radius 1 is 1.05 bits per heavy atom. The van der Waals surface area contributed by atoms with Gasteiger partial charge in [0.15, 0.2) is 0 Å². The van der Waals surface area contributed by atoms with Gasteiger partial charge in [0.25, 0.3) is 0 Å². The lowest BCUT2D eigenvalue weighted by molar-refractivity contribution is 0.415. The fraction of sp³-hybridized carbons (Fsp3) is 0.222. The fourth-order valence-electron chi connectivity index (χ4n) is 2.62. The molecular formula is C18H20N2O. The van der Waals surface area contributed by atoms with Gasteiger partial charge < -0.3 is 15.0 Å². The van der Waals surface area contributed by atoms with E-state index in [-0.39, 0.29) is 6.04 Å². The van der Waals surface area contributed by atoms with Crippen molar-refractivity contribution in [1.82, 2.24) is 4.57 Å². The first-order valence-electron chi connectivity index (χ1n) is 7.16. The molecule has 3 rings (SSSR count). The van der Waals surface area contributed by atoms with Gasteiger partial charge in [-0.3, -0.25) is 0 Å². The Kier molecular flexibility index (Phi) is 3.67. The maximum atomic E-state index is 5.92. The number of rotatable bonds is 4. The second-order valence-corrected chi connectivity index (χ2v) is 5.45. The van der Waals surface area contributed by atoms with Crippen molar-refractivity contribution in [3.63, 3.8) is 0 Å². The van der Waals surface area contributed by atoms with Gasteiger partial charge in [0.2, 0.25) is 0 Å². The van der Waals surface area contributed by atoms with Crippen LogP contribution in [0, 0.1) is 0 Å². The summed E-state index contributed by atoms with van der Waals surface area (Å²) in [6.07, 6.45) is 2.10. The summed E-state index contributed by atoms with van der Waals surface area (Å²) in [5, 5.41) is 1.24. The monoisotopic (exact) mass is 280 g/mol.